The predicted molar refractivity (Wildman–Crippen MR) is 57.2 cm³/mol. The lowest BCUT2D eigenvalue weighted by Crippen LogP contribution is -2.42. The standard InChI is InChI=1S/C10H21N3O/c1-11-7-10(14)13(3)8-9-5-4-6-12(9)2/h9,11H,4-8H2,1-3H3. The van der Waals surface area contributed by atoms with Crippen LogP contribution in [-0.4, -0.2) is 62.5 Å². The first-order chi connectivity index (χ1) is 6.65. The Balaban J connectivity index is 2.32. The van der Waals surface area contributed by atoms with E-state index in [9.17, 15) is 4.79 Å². The van der Waals surface area contributed by atoms with Crippen molar-refractivity contribution in [3.63, 3.8) is 0 Å². The van der Waals surface area contributed by atoms with Crippen molar-refractivity contribution in [3.8, 4) is 0 Å². The van der Waals surface area contributed by atoms with E-state index in [4.69, 9.17) is 0 Å². The molecule has 4 heteroatoms. The van der Waals surface area contributed by atoms with Crippen LogP contribution in [0.3, 0.4) is 0 Å². The lowest BCUT2D eigenvalue weighted by molar-refractivity contribution is -0.129. The van der Waals surface area contributed by atoms with Crippen molar-refractivity contribution in [2.24, 2.45) is 0 Å². The van der Waals surface area contributed by atoms with Crippen LogP contribution in [-0.2, 0) is 4.79 Å². The number of nitrogens with zero attached hydrogens (tertiary/aromatic N) is 2. The smallest absolute Gasteiger partial charge is 0.236 e. The first-order valence-electron chi connectivity index (χ1n) is 5.24. The van der Waals surface area contributed by atoms with Crippen molar-refractivity contribution in [3.05, 3.63) is 0 Å². The number of hydrogen-bond donors (Lipinski definition) is 1. The number of nitrogens with one attached hydrogen (secondary N) is 1. The number of amides is 1. The van der Waals surface area contributed by atoms with Crippen LogP contribution in [0.25, 0.3) is 0 Å². The molecule has 82 valence electrons. The molecule has 0 aromatic carbocycles. The van der Waals surface area contributed by atoms with Crippen LogP contribution >= 0.6 is 0 Å². The summed E-state index contributed by atoms with van der Waals surface area (Å²) >= 11 is 0. The molecule has 1 saturated heterocycles. The van der Waals surface area contributed by atoms with Gasteiger partial charge in [-0.3, -0.25) is 4.79 Å². The highest BCUT2D eigenvalue weighted by Crippen LogP contribution is 2.15. The van der Waals surface area contributed by atoms with Gasteiger partial charge in [0.2, 0.25) is 5.91 Å². The Morgan fingerprint density at radius 2 is 2.36 bits per heavy atom. The number of likely N-dealkylation sites (N-methyl/N-ethyl adjacent to an activating group) is 3. The molecule has 0 aromatic rings. The van der Waals surface area contributed by atoms with Crippen molar-refractivity contribution in [1.29, 1.82) is 0 Å². The highest BCUT2D eigenvalue weighted by molar-refractivity contribution is 5.77. The van der Waals surface area contributed by atoms with E-state index >= 15 is 0 Å². The van der Waals surface area contributed by atoms with Crippen molar-refractivity contribution in [1.82, 2.24) is 15.1 Å². The van der Waals surface area contributed by atoms with E-state index in [1.165, 1.54) is 19.4 Å². The molecule has 1 aliphatic heterocycles. The van der Waals surface area contributed by atoms with Crippen LogP contribution in [0.2, 0.25) is 0 Å². The summed E-state index contributed by atoms with van der Waals surface area (Å²) < 4.78 is 0. The molecule has 0 saturated carbocycles. The van der Waals surface area contributed by atoms with Gasteiger partial charge in [0, 0.05) is 19.6 Å². The molecule has 1 aliphatic rings. The molecule has 1 N–H and O–H groups in total. The van der Waals surface area contributed by atoms with Crippen LogP contribution < -0.4 is 5.32 Å². The van der Waals surface area contributed by atoms with Crippen molar-refractivity contribution in [2.45, 2.75) is 18.9 Å². The fraction of sp³-hybridized carbons (Fsp3) is 0.900. The number of hydrogen-bond acceptors (Lipinski definition) is 3. The highest BCUT2D eigenvalue weighted by atomic mass is 16.2. The van der Waals surface area contributed by atoms with E-state index in [2.05, 4.69) is 17.3 Å². The largest absolute Gasteiger partial charge is 0.343 e. The van der Waals surface area contributed by atoms with E-state index in [1.807, 2.05) is 11.9 Å². The zero-order valence-corrected chi connectivity index (χ0v) is 9.42. The lowest BCUT2D eigenvalue weighted by Gasteiger charge is -2.25. The van der Waals surface area contributed by atoms with Gasteiger partial charge in [0.25, 0.3) is 0 Å². The van der Waals surface area contributed by atoms with Gasteiger partial charge in [0.05, 0.1) is 6.54 Å². The van der Waals surface area contributed by atoms with Crippen LogP contribution in [0, 0.1) is 0 Å². The number of likely N-dealkylation sites (tertiary alicyclic amines) is 1. The number of rotatable bonds is 4. The molecule has 1 rings (SSSR count). The maximum absolute atomic E-state index is 11.5. The average Bonchev–Trinajstić information content (AvgIpc) is 2.52. The van der Waals surface area contributed by atoms with Gasteiger partial charge in [-0.15, -0.1) is 0 Å². The first-order valence-corrected chi connectivity index (χ1v) is 5.24. The Morgan fingerprint density at radius 1 is 1.64 bits per heavy atom. The third-order valence-electron chi connectivity index (χ3n) is 2.91. The second kappa shape index (κ2) is 5.32. The van der Waals surface area contributed by atoms with Crippen molar-refractivity contribution < 1.29 is 4.79 Å². The minimum atomic E-state index is 0.174. The molecule has 0 aliphatic carbocycles. The highest BCUT2D eigenvalue weighted by Gasteiger charge is 2.23. The van der Waals surface area contributed by atoms with Gasteiger partial charge in [0.1, 0.15) is 0 Å². The normalized spacial score (nSPS) is 22.6. The maximum Gasteiger partial charge on any atom is 0.236 e. The zero-order chi connectivity index (χ0) is 10.6. The first kappa shape index (κ1) is 11.5. The van der Waals surface area contributed by atoms with Crippen molar-refractivity contribution >= 4 is 5.91 Å². The second-order valence-corrected chi connectivity index (χ2v) is 4.08. The van der Waals surface area contributed by atoms with Gasteiger partial charge < -0.3 is 15.1 Å². The second-order valence-electron chi connectivity index (χ2n) is 4.08. The monoisotopic (exact) mass is 199 g/mol. The predicted octanol–water partition coefficient (Wildman–Crippen LogP) is -0.242. The van der Waals surface area contributed by atoms with Gasteiger partial charge in [0.15, 0.2) is 0 Å². The van der Waals surface area contributed by atoms with E-state index in [-0.39, 0.29) is 5.91 Å². The molecule has 1 atom stereocenters. The molecule has 1 heterocycles. The Morgan fingerprint density at radius 3 is 2.86 bits per heavy atom. The third-order valence-corrected chi connectivity index (χ3v) is 2.91. The van der Waals surface area contributed by atoms with E-state index in [1.54, 1.807) is 7.05 Å². The number of carbonyl (C=O) groups excluding carboxylic acids is 1. The molecule has 1 amide bonds. The molecular formula is C10H21N3O. The van der Waals surface area contributed by atoms with Gasteiger partial charge in [-0.25, -0.2) is 0 Å². The molecule has 4 nitrogen and oxygen atoms in total. The van der Waals surface area contributed by atoms with Crippen molar-refractivity contribution in [2.75, 3.05) is 40.8 Å². The van der Waals surface area contributed by atoms with Crippen LogP contribution in [0.1, 0.15) is 12.8 Å². The Labute approximate surface area is 86.2 Å². The van der Waals surface area contributed by atoms with E-state index in [0.717, 1.165) is 6.54 Å². The van der Waals surface area contributed by atoms with Gasteiger partial charge >= 0.3 is 0 Å². The summed E-state index contributed by atoms with van der Waals surface area (Å²) in [6.07, 6.45) is 2.48. The minimum absolute atomic E-state index is 0.174. The van der Waals surface area contributed by atoms with Crippen LogP contribution in [0.4, 0.5) is 0 Å². The fourth-order valence-electron chi connectivity index (χ4n) is 1.91. The summed E-state index contributed by atoms with van der Waals surface area (Å²) in [5.41, 5.74) is 0. The summed E-state index contributed by atoms with van der Waals surface area (Å²) in [6, 6.07) is 0.556. The van der Waals surface area contributed by atoms with E-state index in [0.29, 0.717) is 12.6 Å². The Hall–Kier alpha value is -0.610. The average molecular weight is 199 g/mol. The molecule has 0 bridgehead atoms. The third kappa shape index (κ3) is 2.96. The summed E-state index contributed by atoms with van der Waals surface area (Å²) in [7, 11) is 5.81. The SMILES string of the molecule is CNCC(=O)N(C)CC1CCCN1C. The molecular weight excluding hydrogens is 178 g/mol. The molecule has 1 fully saturated rings. The molecule has 1 unspecified atom stereocenters. The maximum atomic E-state index is 11.5. The van der Waals surface area contributed by atoms with Crippen LogP contribution in [0.15, 0.2) is 0 Å². The zero-order valence-electron chi connectivity index (χ0n) is 9.42. The summed E-state index contributed by atoms with van der Waals surface area (Å²) in [5.74, 6) is 0.174. The summed E-state index contributed by atoms with van der Waals surface area (Å²) in [5, 5.41) is 2.88. The lowest BCUT2D eigenvalue weighted by atomic mass is 10.2. The summed E-state index contributed by atoms with van der Waals surface area (Å²) in [4.78, 5) is 15.6. The van der Waals surface area contributed by atoms with Gasteiger partial charge in [-0.2, -0.15) is 0 Å². The Bertz CT molecular complexity index is 196. The summed E-state index contributed by atoms with van der Waals surface area (Å²) in [6.45, 7) is 2.46. The fourth-order valence-corrected chi connectivity index (χ4v) is 1.91. The minimum Gasteiger partial charge on any atom is -0.343 e. The van der Waals surface area contributed by atoms with Gasteiger partial charge in [-0.1, -0.05) is 0 Å². The molecule has 0 radical (unpaired) electrons. The van der Waals surface area contributed by atoms with E-state index < -0.39 is 0 Å². The molecule has 14 heavy (non-hydrogen) atoms. The quantitative estimate of drug-likeness (QED) is 0.678. The molecule has 0 spiro atoms. The van der Waals surface area contributed by atoms with Gasteiger partial charge in [-0.05, 0) is 33.5 Å². The van der Waals surface area contributed by atoms with Crippen LogP contribution in [0.5, 0.6) is 0 Å². The topological polar surface area (TPSA) is 35.6 Å². The number of carbonyl (C=O) groups is 1. The molecule has 0 aromatic heterocycles. The Kier molecular flexibility index (Phi) is 4.35.